The minimum atomic E-state index is -0.937. The highest BCUT2D eigenvalue weighted by molar-refractivity contribution is 5.90. The van der Waals surface area contributed by atoms with Gasteiger partial charge in [0.2, 0.25) is 0 Å². The smallest absolute Gasteiger partial charge is 0.276 e. The number of carbonyl (C=O) groups excluding carboxylic acids is 1. The molecule has 4 heterocycles. The summed E-state index contributed by atoms with van der Waals surface area (Å²) in [4.78, 5) is 46.3. The lowest BCUT2D eigenvalue weighted by Gasteiger charge is -2.40. The number of H-pyrrole nitrogens is 1. The van der Waals surface area contributed by atoms with E-state index in [4.69, 9.17) is 14.6 Å². The van der Waals surface area contributed by atoms with Gasteiger partial charge in [-0.2, -0.15) is 0 Å². The van der Waals surface area contributed by atoms with Crippen LogP contribution in [0.15, 0.2) is 29.2 Å². The summed E-state index contributed by atoms with van der Waals surface area (Å²) in [6.07, 6.45) is 4.12. The molecule has 2 aliphatic heterocycles. The van der Waals surface area contributed by atoms with Gasteiger partial charge in [-0.15, -0.1) is 0 Å². The molecule has 2 aromatic heterocycles. The average Bonchev–Trinajstić information content (AvgIpc) is 3.14. The second-order valence-electron chi connectivity index (χ2n) is 8.63. The van der Waals surface area contributed by atoms with Crippen molar-refractivity contribution in [3.63, 3.8) is 0 Å². The molecular formula is C24H34N6O4. The monoisotopic (exact) mass is 470 g/mol. The molecular weight excluding hydrogens is 436 g/mol. The van der Waals surface area contributed by atoms with Crippen LogP contribution in [0.1, 0.15) is 62.0 Å². The Morgan fingerprint density at radius 1 is 1.24 bits per heavy atom. The first-order chi connectivity index (χ1) is 16.5. The fourth-order valence-electron chi connectivity index (χ4n) is 4.60. The predicted octanol–water partition coefficient (Wildman–Crippen LogP) is 2.12. The molecule has 0 aliphatic carbocycles. The number of ketones is 1. The Labute approximate surface area is 199 Å². The van der Waals surface area contributed by atoms with Crippen molar-refractivity contribution in [1.29, 1.82) is 0 Å². The number of unbranched alkanes of at least 4 members (excludes halogenated alkanes) is 1. The van der Waals surface area contributed by atoms with E-state index in [0.717, 1.165) is 38.2 Å². The standard InChI is InChI=1S/C24H34N6O4/c1-4-6-15-34-30-24(5-2,19-9-7-8-10-25-19)21-20(23(32)27-22(26-21)18(3)31)29(30)12-11-28-13-16-33-17-14-28/h7-10H,4-6,11-17H2,1-3H3,(H,26,27,32). The average molecular weight is 471 g/mol. The molecule has 1 unspecified atom stereocenters. The molecule has 2 aromatic rings. The molecule has 1 saturated heterocycles. The lowest BCUT2D eigenvalue weighted by Crippen LogP contribution is -2.53. The summed E-state index contributed by atoms with van der Waals surface area (Å²) in [5, 5.41) is 3.68. The summed E-state index contributed by atoms with van der Waals surface area (Å²) < 4.78 is 5.48. The van der Waals surface area contributed by atoms with Crippen molar-refractivity contribution < 1.29 is 14.4 Å². The minimum Gasteiger partial charge on any atom is -0.379 e. The number of hydrogen-bond donors (Lipinski definition) is 1. The Bertz CT molecular complexity index is 1040. The SMILES string of the molecule is CCCCON1N(CCN2CCOCC2)c2c(nc(C(C)=O)[nH]c2=O)C1(CC)c1ccccn1. The van der Waals surface area contributed by atoms with E-state index in [9.17, 15) is 9.59 Å². The quantitative estimate of drug-likeness (QED) is 0.413. The number of carbonyl (C=O) groups is 1. The molecule has 1 atom stereocenters. The van der Waals surface area contributed by atoms with Gasteiger partial charge in [0.05, 0.1) is 32.1 Å². The fraction of sp³-hybridized carbons (Fsp3) is 0.583. The van der Waals surface area contributed by atoms with E-state index in [1.165, 1.54) is 6.92 Å². The van der Waals surface area contributed by atoms with Crippen LogP contribution in [-0.4, -0.2) is 76.8 Å². The number of nitrogens with one attached hydrogen (secondary N) is 1. The summed E-state index contributed by atoms with van der Waals surface area (Å²) in [5.74, 6) is -0.253. The largest absolute Gasteiger partial charge is 0.379 e. The topological polar surface area (TPSA) is 104 Å². The van der Waals surface area contributed by atoms with Crippen LogP contribution in [0.5, 0.6) is 0 Å². The molecule has 1 N–H and O–H groups in total. The minimum absolute atomic E-state index is 0.0426. The Kier molecular flexibility index (Phi) is 7.72. The summed E-state index contributed by atoms with van der Waals surface area (Å²) in [7, 11) is 0. The molecule has 0 amide bonds. The van der Waals surface area contributed by atoms with E-state index in [2.05, 4.69) is 21.8 Å². The zero-order valence-corrected chi connectivity index (χ0v) is 20.2. The van der Waals surface area contributed by atoms with Gasteiger partial charge in [0.15, 0.2) is 17.1 Å². The zero-order chi connectivity index (χ0) is 24.1. The molecule has 0 spiro atoms. The van der Waals surface area contributed by atoms with E-state index in [1.807, 2.05) is 30.1 Å². The van der Waals surface area contributed by atoms with E-state index in [0.29, 0.717) is 44.2 Å². The van der Waals surface area contributed by atoms with E-state index in [-0.39, 0.29) is 17.2 Å². The zero-order valence-electron chi connectivity index (χ0n) is 20.2. The molecule has 1 fully saturated rings. The van der Waals surface area contributed by atoms with Crippen LogP contribution in [-0.2, 0) is 15.1 Å². The van der Waals surface area contributed by atoms with Crippen molar-refractivity contribution in [1.82, 2.24) is 25.0 Å². The maximum atomic E-state index is 13.4. The van der Waals surface area contributed by atoms with Crippen molar-refractivity contribution in [3.8, 4) is 0 Å². The van der Waals surface area contributed by atoms with Crippen LogP contribution in [0.4, 0.5) is 5.69 Å². The number of aromatic amines is 1. The summed E-state index contributed by atoms with van der Waals surface area (Å²) in [5.41, 5.74) is 0.334. The molecule has 2 aliphatic rings. The van der Waals surface area contributed by atoms with Crippen molar-refractivity contribution in [2.45, 2.75) is 45.6 Å². The van der Waals surface area contributed by atoms with Gasteiger partial charge in [0, 0.05) is 32.8 Å². The van der Waals surface area contributed by atoms with Crippen molar-refractivity contribution >= 4 is 11.5 Å². The molecule has 184 valence electrons. The highest BCUT2D eigenvalue weighted by Gasteiger charge is 2.55. The summed E-state index contributed by atoms with van der Waals surface area (Å²) in [6, 6.07) is 5.69. The summed E-state index contributed by atoms with van der Waals surface area (Å²) in [6.45, 7) is 10.4. The van der Waals surface area contributed by atoms with Crippen LogP contribution in [0.2, 0.25) is 0 Å². The maximum absolute atomic E-state index is 13.4. The van der Waals surface area contributed by atoms with Gasteiger partial charge in [0.1, 0.15) is 11.4 Å². The van der Waals surface area contributed by atoms with E-state index < -0.39 is 5.54 Å². The van der Waals surface area contributed by atoms with Crippen LogP contribution >= 0.6 is 0 Å². The number of ether oxygens (including phenoxy) is 1. The molecule has 0 radical (unpaired) electrons. The molecule has 10 nitrogen and oxygen atoms in total. The second kappa shape index (κ2) is 10.7. The third-order valence-corrected chi connectivity index (χ3v) is 6.47. The van der Waals surface area contributed by atoms with Crippen LogP contribution < -0.4 is 10.6 Å². The number of Topliss-reactive ketones (excluding diaryl/α,β-unsaturated/α-hetero) is 1. The van der Waals surface area contributed by atoms with Gasteiger partial charge in [-0.05, 0) is 25.0 Å². The summed E-state index contributed by atoms with van der Waals surface area (Å²) >= 11 is 0. The highest BCUT2D eigenvalue weighted by Crippen LogP contribution is 2.47. The molecule has 0 saturated carbocycles. The number of hydroxylamine groups is 1. The van der Waals surface area contributed by atoms with Gasteiger partial charge in [0.25, 0.3) is 5.56 Å². The molecule has 10 heteroatoms. The van der Waals surface area contributed by atoms with Crippen LogP contribution in [0, 0.1) is 0 Å². The first kappa shape index (κ1) is 24.5. The number of rotatable bonds is 10. The number of fused-ring (bicyclic) bond motifs is 1. The molecule has 34 heavy (non-hydrogen) atoms. The van der Waals surface area contributed by atoms with Gasteiger partial charge < -0.3 is 9.72 Å². The highest BCUT2D eigenvalue weighted by atomic mass is 16.7. The molecule has 4 rings (SSSR count). The van der Waals surface area contributed by atoms with E-state index >= 15 is 0 Å². The van der Waals surface area contributed by atoms with E-state index in [1.54, 1.807) is 11.4 Å². The third-order valence-electron chi connectivity index (χ3n) is 6.47. The molecule has 0 bridgehead atoms. The second-order valence-corrected chi connectivity index (χ2v) is 8.63. The van der Waals surface area contributed by atoms with Gasteiger partial charge in [-0.1, -0.05) is 31.5 Å². The fourth-order valence-corrected chi connectivity index (χ4v) is 4.60. The van der Waals surface area contributed by atoms with Gasteiger partial charge >= 0.3 is 0 Å². The number of morpholine rings is 1. The van der Waals surface area contributed by atoms with Gasteiger partial charge in [-0.3, -0.25) is 29.3 Å². The number of anilines is 1. The molecule has 0 aromatic carbocycles. The lowest BCUT2D eigenvalue weighted by atomic mass is 9.88. The normalized spacial score (nSPS) is 21.1. The van der Waals surface area contributed by atoms with Crippen molar-refractivity contribution in [2.75, 3.05) is 51.0 Å². The van der Waals surface area contributed by atoms with Gasteiger partial charge in [-0.25, -0.2) is 4.98 Å². The number of hydrogen-bond acceptors (Lipinski definition) is 9. The number of aromatic nitrogens is 3. The van der Waals surface area contributed by atoms with Crippen LogP contribution in [0.25, 0.3) is 0 Å². The number of pyridine rings is 1. The Balaban J connectivity index is 1.84. The number of hydrazine groups is 1. The first-order valence-corrected chi connectivity index (χ1v) is 12.1. The Hall–Kier alpha value is -2.66. The third kappa shape index (κ3) is 4.50. The van der Waals surface area contributed by atoms with Crippen LogP contribution in [0.3, 0.4) is 0 Å². The Morgan fingerprint density at radius 2 is 2.03 bits per heavy atom. The van der Waals surface area contributed by atoms with Crippen molar-refractivity contribution in [3.05, 3.63) is 52.0 Å². The lowest BCUT2D eigenvalue weighted by molar-refractivity contribution is -0.219. The Morgan fingerprint density at radius 3 is 2.68 bits per heavy atom. The maximum Gasteiger partial charge on any atom is 0.276 e. The first-order valence-electron chi connectivity index (χ1n) is 12.1. The number of nitrogens with zero attached hydrogens (tertiary/aromatic N) is 5. The van der Waals surface area contributed by atoms with Crippen molar-refractivity contribution in [2.24, 2.45) is 0 Å². The predicted molar refractivity (Wildman–Crippen MR) is 127 cm³/mol.